The summed E-state index contributed by atoms with van der Waals surface area (Å²) in [7, 11) is 3.14. The van der Waals surface area contributed by atoms with Crippen molar-refractivity contribution in [3.8, 4) is 33.8 Å². The van der Waals surface area contributed by atoms with Crippen LogP contribution in [0.1, 0.15) is 60.2 Å². The fourth-order valence-electron chi connectivity index (χ4n) is 9.97. The number of benzene rings is 2. The lowest BCUT2D eigenvalue weighted by molar-refractivity contribution is -0.122. The number of ether oxygens (including phenoxy) is 3. The van der Waals surface area contributed by atoms with Crippen LogP contribution in [0.4, 0.5) is 0 Å². The van der Waals surface area contributed by atoms with Gasteiger partial charge in [0, 0.05) is 47.4 Å². The molecule has 2 N–H and O–H groups in total. The van der Waals surface area contributed by atoms with Gasteiger partial charge < -0.3 is 33.9 Å². The van der Waals surface area contributed by atoms with Crippen LogP contribution in [-0.2, 0) is 27.4 Å². The van der Waals surface area contributed by atoms with Crippen LogP contribution in [0.25, 0.3) is 66.1 Å². The zero-order valence-corrected chi connectivity index (χ0v) is 42.6. The largest absolute Gasteiger partial charge is 0.496 e. The number of hydrogen-bond donors (Lipinski definition) is 2. The zero-order chi connectivity index (χ0) is 52.7. The lowest BCUT2D eigenvalue weighted by Crippen LogP contribution is -2.36. The molecule has 8 aromatic heterocycles. The van der Waals surface area contributed by atoms with Gasteiger partial charge in [0.25, 0.3) is 0 Å². The summed E-state index contributed by atoms with van der Waals surface area (Å²) in [4.78, 5) is 74.6. The number of amides is 2. The van der Waals surface area contributed by atoms with Crippen LogP contribution in [-0.4, -0.2) is 101 Å². The highest BCUT2D eigenvalue weighted by molar-refractivity contribution is 6.06. The number of carbonyl (C=O) groups excluding carboxylic acids is 2. The Labute approximate surface area is 428 Å². The van der Waals surface area contributed by atoms with Crippen LogP contribution in [0, 0.1) is 27.7 Å². The third kappa shape index (κ3) is 9.04. The molecule has 2 atom stereocenters. The number of rotatable bonds is 18. The highest BCUT2D eigenvalue weighted by Gasteiger charge is 2.28. The molecule has 10 aromatic rings. The van der Waals surface area contributed by atoms with Gasteiger partial charge in [-0.05, 0) is 90.1 Å². The molecule has 0 saturated carbocycles. The Morgan fingerprint density at radius 1 is 0.613 bits per heavy atom. The molecule has 8 heterocycles. The molecule has 0 aliphatic rings. The van der Waals surface area contributed by atoms with E-state index in [1.807, 2.05) is 90.1 Å². The first-order valence-electron chi connectivity index (χ1n) is 24.3. The Hall–Kier alpha value is -8.98. The van der Waals surface area contributed by atoms with Crippen LogP contribution < -0.4 is 31.5 Å². The molecule has 75 heavy (non-hydrogen) atoms. The lowest BCUT2D eigenvalue weighted by atomic mass is 10.00. The fraction of sp³-hybridized carbons (Fsp3) is 0.296. The van der Waals surface area contributed by atoms with Crippen LogP contribution in [0.3, 0.4) is 0 Å². The van der Waals surface area contributed by atoms with Crippen molar-refractivity contribution in [2.24, 2.45) is 0 Å². The van der Waals surface area contributed by atoms with E-state index in [2.05, 4.69) is 30.9 Å². The van der Waals surface area contributed by atoms with Crippen LogP contribution in [0.5, 0.6) is 11.5 Å². The predicted molar refractivity (Wildman–Crippen MR) is 279 cm³/mol. The number of nitrogens with one attached hydrogen (secondary N) is 2. The highest BCUT2D eigenvalue weighted by atomic mass is 16.5. The standard InChI is InChI=1S/C54H54N12O9/c1-29-49(33(5)74-61-29)37-21-41-35(23-45(37)71-7)51-43(25-59-41)63(53(69)65(51)31(3)39-13-9-11-15-55-39)27-47(67)57-17-19-73-20-18-58-48(68)28-64-44-26-60-42-22-38(50-30(2)62-75-34(50)6)46(72-8)24-36(42)52(44)66(54(64)70)32(4)40-14-10-12-16-56-40/h9-16,21-26,31-32H,17-20,27-28H2,1-8H3,(H,57,67)(H,58,68)/t31-,32+. The smallest absolute Gasteiger partial charge is 0.330 e. The maximum absolute atomic E-state index is 14.5. The Bertz CT molecular complexity index is 3640. The minimum atomic E-state index is -0.516. The summed E-state index contributed by atoms with van der Waals surface area (Å²) >= 11 is 0. The second-order valence-corrected chi connectivity index (χ2v) is 18.2. The molecular weight excluding hydrogens is 961 g/mol. The number of aryl methyl sites for hydroxylation is 4. The maximum Gasteiger partial charge on any atom is 0.330 e. The van der Waals surface area contributed by atoms with E-state index in [0.29, 0.717) is 89.7 Å². The molecule has 0 radical (unpaired) electrons. The van der Waals surface area contributed by atoms with Crippen molar-refractivity contribution in [2.75, 3.05) is 40.5 Å². The average molecular weight is 1020 g/mol. The van der Waals surface area contributed by atoms with Crippen molar-refractivity contribution in [3.63, 3.8) is 0 Å². The maximum atomic E-state index is 14.5. The van der Waals surface area contributed by atoms with Gasteiger partial charge >= 0.3 is 11.4 Å². The molecule has 2 amide bonds. The first kappa shape index (κ1) is 49.6. The zero-order valence-electron chi connectivity index (χ0n) is 42.6. The number of methoxy groups -OCH3 is 2. The van der Waals surface area contributed by atoms with Crippen molar-refractivity contribution in [1.82, 2.24) is 59.2 Å². The molecule has 384 valence electrons. The van der Waals surface area contributed by atoms with E-state index in [4.69, 9.17) is 33.2 Å². The molecule has 0 bridgehead atoms. The molecule has 0 aliphatic heterocycles. The van der Waals surface area contributed by atoms with Gasteiger partial charge in [-0.1, -0.05) is 22.4 Å². The van der Waals surface area contributed by atoms with E-state index in [1.54, 1.807) is 60.3 Å². The Balaban J connectivity index is 0.822. The van der Waals surface area contributed by atoms with E-state index in [0.717, 1.165) is 22.3 Å². The quantitative estimate of drug-likeness (QED) is 0.0868. The lowest BCUT2D eigenvalue weighted by Gasteiger charge is -2.15. The Morgan fingerprint density at radius 3 is 1.40 bits per heavy atom. The number of carbonyl (C=O) groups is 2. The average Bonchev–Trinajstić information content (AvgIpc) is 4.12. The first-order valence-corrected chi connectivity index (χ1v) is 24.3. The van der Waals surface area contributed by atoms with Gasteiger partial charge in [0.2, 0.25) is 11.8 Å². The molecule has 2 aromatic carbocycles. The second kappa shape index (κ2) is 20.5. The third-order valence-electron chi connectivity index (χ3n) is 13.6. The summed E-state index contributed by atoms with van der Waals surface area (Å²) in [5.41, 5.74) is 8.15. The highest BCUT2D eigenvalue weighted by Crippen LogP contribution is 2.41. The van der Waals surface area contributed by atoms with E-state index < -0.39 is 35.3 Å². The van der Waals surface area contributed by atoms with Crippen molar-refractivity contribution >= 4 is 55.7 Å². The SMILES string of the molecule is COc1cc2c(cc1-c1c(C)noc1C)ncc1c2n([C@H](C)c2ccccn2)c(=O)n1CC(=O)NCCOCCNC(=O)Cn1c(=O)n([C@@H](C)c2ccccn2)c2c3cc(OC)c(-c4c(C)noc4C)cc3ncc21. The normalized spacial score (nSPS) is 12.5. The summed E-state index contributed by atoms with van der Waals surface area (Å²) in [6.45, 7) is 11.0. The number of fused-ring (bicyclic) bond motifs is 6. The fourth-order valence-corrected chi connectivity index (χ4v) is 9.97. The number of imidazole rings is 2. The van der Waals surface area contributed by atoms with Gasteiger partial charge in [-0.15, -0.1) is 0 Å². The molecule has 10 rings (SSSR count). The van der Waals surface area contributed by atoms with Crippen LogP contribution in [0.15, 0.2) is 104 Å². The summed E-state index contributed by atoms with van der Waals surface area (Å²) in [5, 5.41) is 15.2. The minimum absolute atomic E-state index is 0.118. The van der Waals surface area contributed by atoms with Crippen molar-refractivity contribution in [2.45, 2.75) is 66.7 Å². The Kier molecular flexibility index (Phi) is 13.6. The van der Waals surface area contributed by atoms with Gasteiger partial charge in [0.05, 0.1) is 119 Å². The number of pyridine rings is 4. The molecule has 21 heteroatoms. The first-order chi connectivity index (χ1) is 36.3. The summed E-state index contributed by atoms with van der Waals surface area (Å²) < 4.78 is 34.5. The number of aromatic nitrogens is 10. The Morgan fingerprint density at radius 2 is 1.04 bits per heavy atom. The molecule has 0 fully saturated rings. The number of hydrogen-bond acceptors (Lipinski definition) is 15. The monoisotopic (exact) mass is 1010 g/mol. The predicted octanol–water partition coefficient (Wildman–Crippen LogP) is 6.53. The summed E-state index contributed by atoms with van der Waals surface area (Å²) in [6.07, 6.45) is 6.54. The van der Waals surface area contributed by atoms with E-state index in [9.17, 15) is 19.2 Å². The minimum Gasteiger partial charge on any atom is -0.496 e. The third-order valence-corrected chi connectivity index (χ3v) is 13.6. The van der Waals surface area contributed by atoms with Gasteiger partial charge in [0.1, 0.15) is 36.1 Å². The molecule has 0 saturated heterocycles. The second-order valence-electron chi connectivity index (χ2n) is 18.2. The summed E-state index contributed by atoms with van der Waals surface area (Å²) in [6, 6.07) is 17.5. The van der Waals surface area contributed by atoms with Crippen LogP contribution in [0.2, 0.25) is 0 Å². The van der Waals surface area contributed by atoms with Crippen molar-refractivity contribution < 1.29 is 32.8 Å². The molecule has 0 aliphatic carbocycles. The van der Waals surface area contributed by atoms with E-state index >= 15 is 0 Å². The van der Waals surface area contributed by atoms with Crippen molar-refractivity contribution in [1.29, 1.82) is 0 Å². The van der Waals surface area contributed by atoms with Crippen LogP contribution >= 0.6 is 0 Å². The van der Waals surface area contributed by atoms with Gasteiger partial charge in [-0.25, -0.2) is 9.59 Å². The van der Waals surface area contributed by atoms with E-state index in [-0.39, 0.29) is 39.4 Å². The molecule has 0 spiro atoms. The van der Waals surface area contributed by atoms with Crippen molar-refractivity contribution in [3.05, 3.63) is 141 Å². The molecular formula is C54H54N12O9. The topological polar surface area (TPSA) is 243 Å². The van der Waals surface area contributed by atoms with E-state index in [1.165, 1.54) is 9.13 Å². The van der Waals surface area contributed by atoms with Gasteiger partial charge in [-0.2, -0.15) is 0 Å². The summed E-state index contributed by atoms with van der Waals surface area (Å²) in [5.74, 6) is 1.47. The van der Waals surface area contributed by atoms with Gasteiger partial charge in [0.15, 0.2) is 0 Å². The molecule has 21 nitrogen and oxygen atoms in total. The molecule has 0 unspecified atom stereocenters. The van der Waals surface area contributed by atoms with Gasteiger partial charge in [-0.3, -0.25) is 47.8 Å². The number of nitrogens with zero attached hydrogens (tertiary/aromatic N) is 10.